The third kappa shape index (κ3) is 2.50. The van der Waals surface area contributed by atoms with Crippen molar-refractivity contribution >= 4 is 32.9 Å². The first-order chi connectivity index (χ1) is 7.69. The molecule has 0 bridgehead atoms. The zero-order valence-electron chi connectivity index (χ0n) is 9.50. The van der Waals surface area contributed by atoms with Crippen LogP contribution < -0.4 is 0 Å². The lowest BCUT2D eigenvalue weighted by molar-refractivity contribution is 1.25. The molecule has 1 heterocycles. The molecule has 0 aliphatic heterocycles. The molecule has 16 heavy (non-hydrogen) atoms. The first-order valence-electron chi connectivity index (χ1n) is 5.29. The second-order valence-corrected chi connectivity index (χ2v) is 4.59. The van der Waals surface area contributed by atoms with Crippen LogP contribution in [0.3, 0.4) is 0 Å². The molecule has 0 atom stereocenters. The van der Waals surface area contributed by atoms with Crippen molar-refractivity contribution in [1.82, 2.24) is 4.98 Å². The van der Waals surface area contributed by atoms with Crippen molar-refractivity contribution in [2.24, 2.45) is 0 Å². The highest BCUT2D eigenvalue weighted by atomic mass is 79.9. The van der Waals surface area contributed by atoms with E-state index in [2.05, 4.69) is 58.2 Å². The highest BCUT2D eigenvalue weighted by molar-refractivity contribution is 9.09. The molecule has 0 fully saturated rings. The second kappa shape index (κ2) is 4.79. The summed E-state index contributed by atoms with van der Waals surface area (Å²) in [6.07, 6.45) is 2.19. The van der Waals surface area contributed by atoms with Gasteiger partial charge in [0.15, 0.2) is 0 Å². The van der Waals surface area contributed by atoms with Gasteiger partial charge in [-0.2, -0.15) is 0 Å². The third-order valence-electron chi connectivity index (χ3n) is 2.48. The zero-order chi connectivity index (χ0) is 11.5. The van der Waals surface area contributed by atoms with Gasteiger partial charge in [-0.1, -0.05) is 39.7 Å². The lowest BCUT2D eigenvalue weighted by Gasteiger charge is -2.01. The number of rotatable bonds is 2. The average molecular weight is 276 g/mol. The summed E-state index contributed by atoms with van der Waals surface area (Å²) < 4.78 is 0. The molecule has 0 saturated carbocycles. The second-order valence-electron chi connectivity index (χ2n) is 4.03. The molecule has 1 aromatic heterocycles. The molecule has 2 aromatic rings. The van der Waals surface area contributed by atoms with E-state index >= 15 is 0 Å². The monoisotopic (exact) mass is 275 g/mol. The van der Waals surface area contributed by atoms with E-state index in [-0.39, 0.29) is 0 Å². The number of nitrogens with zero attached hydrogens (tertiary/aromatic N) is 1. The molecular weight excluding hydrogens is 262 g/mol. The van der Waals surface area contributed by atoms with Crippen molar-refractivity contribution in [2.45, 2.75) is 13.8 Å². The van der Waals surface area contributed by atoms with Crippen LogP contribution in [0.4, 0.5) is 0 Å². The predicted octanol–water partition coefficient (Wildman–Crippen LogP) is 4.34. The van der Waals surface area contributed by atoms with Crippen molar-refractivity contribution in [3.63, 3.8) is 0 Å². The minimum atomic E-state index is 0.914. The third-order valence-corrected chi connectivity index (χ3v) is 3.36. The van der Waals surface area contributed by atoms with Crippen molar-refractivity contribution in [3.8, 4) is 0 Å². The van der Waals surface area contributed by atoms with Crippen LogP contribution in [0.15, 0.2) is 35.9 Å². The maximum atomic E-state index is 4.49. The lowest BCUT2D eigenvalue weighted by Crippen LogP contribution is -1.84. The number of allylic oxidation sites excluding steroid dienone is 1. The number of hydrogen-bond donors (Lipinski definition) is 0. The van der Waals surface area contributed by atoms with Gasteiger partial charge in [0.05, 0.1) is 5.52 Å². The van der Waals surface area contributed by atoms with Gasteiger partial charge in [-0.3, -0.25) is 4.98 Å². The van der Waals surface area contributed by atoms with Gasteiger partial charge >= 0.3 is 0 Å². The van der Waals surface area contributed by atoms with Gasteiger partial charge in [0, 0.05) is 16.4 Å². The minimum Gasteiger partial charge on any atom is -0.253 e. The van der Waals surface area contributed by atoms with Gasteiger partial charge in [0.2, 0.25) is 0 Å². The molecule has 0 aliphatic carbocycles. The molecule has 0 unspecified atom stereocenters. The van der Waals surface area contributed by atoms with Crippen LogP contribution in [0.25, 0.3) is 17.0 Å². The number of halogens is 1. The Labute approximate surface area is 104 Å². The molecule has 0 spiro atoms. The molecule has 2 rings (SSSR count). The van der Waals surface area contributed by atoms with Crippen LogP contribution in [-0.2, 0) is 0 Å². The van der Waals surface area contributed by atoms with E-state index in [9.17, 15) is 0 Å². The Hall–Kier alpha value is -1.15. The first kappa shape index (κ1) is 11.3. The molecule has 1 aromatic carbocycles. The van der Waals surface area contributed by atoms with Crippen LogP contribution in [0, 0.1) is 6.92 Å². The van der Waals surface area contributed by atoms with Crippen LogP contribution in [0.2, 0.25) is 0 Å². The fourth-order valence-corrected chi connectivity index (χ4v) is 1.82. The van der Waals surface area contributed by atoms with Gasteiger partial charge < -0.3 is 0 Å². The largest absolute Gasteiger partial charge is 0.253 e. The molecular formula is C14H14BrN. The molecule has 0 aliphatic rings. The van der Waals surface area contributed by atoms with Gasteiger partial charge in [-0.25, -0.2) is 0 Å². The summed E-state index contributed by atoms with van der Waals surface area (Å²) in [6, 6.07) is 10.5. The van der Waals surface area contributed by atoms with Gasteiger partial charge in [0.1, 0.15) is 0 Å². The summed E-state index contributed by atoms with van der Waals surface area (Å²) in [4.78, 5) is 4.49. The summed E-state index contributed by atoms with van der Waals surface area (Å²) in [5, 5.41) is 2.11. The van der Waals surface area contributed by atoms with E-state index in [1.54, 1.807) is 0 Å². The highest BCUT2D eigenvalue weighted by Crippen LogP contribution is 2.17. The van der Waals surface area contributed by atoms with E-state index < -0.39 is 0 Å². The molecule has 0 N–H and O–H groups in total. The van der Waals surface area contributed by atoms with Crippen LogP contribution in [0.5, 0.6) is 0 Å². The van der Waals surface area contributed by atoms with E-state index in [0.717, 1.165) is 16.5 Å². The van der Waals surface area contributed by atoms with Crippen molar-refractivity contribution < 1.29 is 0 Å². The molecule has 0 amide bonds. The molecule has 2 heteroatoms. The normalized spacial score (nSPS) is 12.1. The standard InChI is InChI=1S/C14H14BrN/c1-10(9-15)7-12-4-6-14-13(8-12)5-3-11(2)16-14/h3-8H,9H2,1-2H3/b10-7-. The maximum absolute atomic E-state index is 4.49. The molecule has 0 radical (unpaired) electrons. The summed E-state index contributed by atoms with van der Waals surface area (Å²) >= 11 is 3.45. The Morgan fingerprint density at radius 1 is 1.31 bits per heavy atom. The number of alkyl halides is 1. The first-order valence-corrected chi connectivity index (χ1v) is 6.42. The maximum Gasteiger partial charge on any atom is 0.0705 e. The summed E-state index contributed by atoms with van der Waals surface area (Å²) in [5.74, 6) is 0. The number of hydrogen-bond acceptors (Lipinski definition) is 1. The van der Waals surface area contributed by atoms with E-state index in [0.29, 0.717) is 0 Å². The van der Waals surface area contributed by atoms with E-state index in [1.165, 1.54) is 16.5 Å². The molecule has 1 nitrogen and oxygen atoms in total. The quantitative estimate of drug-likeness (QED) is 0.743. The average Bonchev–Trinajstić information content (AvgIpc) is 2.29. The van der Waals surface area contributed by atoms with Gasteiger partial charge in [0.25, 0.3) is 0 Å². The minimum absolute atomic E-state index is 0.914. The van der Waals surface area contributed by atoms with Crippen molar-refractivity contribution in [2.75, 3.05) is 5.33 Å². The summed E-state index contributed by atoms with van der Waals surface area (Å²) in [7, 11) is 0. The lowest BCUT2D eigenvalue weighted by atomic mass is 10.1. The predicted molar refractivity (Wildman–Crippen MR) is 73.9 cm³/mol. The van der Waals surface area contributed by atoms with Crippen molar-refractivity contribution in [1.29, 1.82) is 0 Å². The molecule has 82 valence electrons. The Balaban J connectivity index is 2.48. The van der Waals surface area contributed by atoms with E-state index in [4.69, 9.17) is 0 Å². The number of benzene rings is 1. The van der Waals surface area contributed by atoms with Gasteiger partial charge in [-0.15, -0.1) is 0 Å². The number of aromatic nitrogens is 1. The topological polar surface area (TPSA) is 12.9 Å². The van der Waals surface area contributed by atoms with Gasteiger partial charge in [-0.05, 0) is 37.6 Å². The summed E-state index contributed by atoms with van der Waals surface area (Å²) in [6.45, 7) is 4.13. The smallest absolute Gasteiger partial charge is 0.0705 e. The zero-order valence-corrected chi connectivity index (χ0v) is 11.1. The van der Waals surface area contributed by atoms with Crippen LogP contribution >= 0.6 is 15.9 Å². The number of pyridine rings is 1. The summed E-state index contributed by atoms with van der Waals surface area (Å²) in [5.41, 5.74) is 4.68. The Bertz CT molecular complexity index is 543. The fourth-order valence-electron chi connectivity index (χ4n) is 1.66. The number of fused-ring (bicyclic) bond motifs is 1. The Morgan fingerprint density at radius 2 is 2.12 bits per heavy atom. The van der Waals surface area contributed by atoms with Crippen molar-refractivity contribution in [3.05, 3.63) is 47.2 Å². The Kier molecular flexibility index (Phi) is 3.39. The highest BCUT2D eigenvalue weighted by Gasteiger charge is 1.97. The molecule has 0 saturated heterocycles. The van der Waals surface area contributed by atoms with Crippen LogP contribution in [0.1, 0.15) is 18.2 Å². The number of aryl methyl sites for hydroxylation is 1. The SMILES string of the molecule is C/C(=C/c1ccc2nc(C)ccc2c1)CBr. The van der Waals surface area contributed by atoms with Crippen LogP contribution in [-0.4, -0.2) is 10.3 Å². The fraction of sp³-hybridized carbons (Fsp3) is 0.214. The van der Waals surface area contributed by atoms with E-state index in [1.807, 2.05) is 13.0 Å². The Morgan fingerprint density at radius 3 is 2.88 bits per heavy atom.